The Morgan fingerprint density at radius 2 is 2.16 bits per heavy atom. The third-order valence-corrected chi connectivity index (χ3v) is 5.58. The lowest BCUT2D eigenvalue weighted by atomic mass is 9.96. The standard InChI is InChI=1S/C15H19BrN2S/c1-9-6-12(4-5-13(9)16)17-15(19)18-14-8-10-2-3-11(14)7-10/h4-6,10-11,14H,2-3,7-8H2,1H3,(H2,17,18,19)/t10-,11+,14+/m0/s1. The maximum Gasteiger partial charge on any atom is 0.171 e. The van der Waals surface area contributed by atoms with Crippen LogP contribution in [0.25, 0.3) is 0 Å². The van der Waals surface area contributed by atoms with Gasteiger partial charge in [0.15, 0.2) is 5.11 Å². The number of nitrogens with one attached hydrogen (secondary N) is 2. The average Bonchev–Trinajstić information content (AvgIpc) is 2.96. The molecule has 0 saturated heterocycles. The molecular formula is C15H19BrN2S. The molecule has 2 nitrogen and oxygen atoms in total. The van der Waals surface area contributed by atoms with Crippen LogP contribution in [0.2, 0.25) is 0 Å². The van der Waals surface area contributed by atoms with Gasteiger partial charge in [0.1, 0.15) is 0 Å². The second kappa shape index (κ2) is 5.41. The molecule has 2 aliphatic rings. The maximum atomic E-state index is 5.43. The summed E-state index contributed by atoms with van der Waals surface area (Å²) >= 11 is 8.94. The number of hydrogen-bond acceptors (Lipinski definition) is 1. The fourth-order valence-electron chi connectivity index (χ4n) is 3.48. The molecule has 2 N–H and O–H groups in total. The van der Waals surface area contributed by atoms with E-state index in [4.69, 9.17) is 12.2 Å². The van der Waals surface area contributed by atoms with Crippen molar-refractivity contribution in [3.63, 3.8) is 0 Å². The SMILES string of the molecule is Cc1cc(NC(=S)N[C@@H]2C[C@H]3CC[C@@H]2C3)ccc1Br. The van der Waals surface area contributed by atoms with Gasteiger partial charge < -0.3 is 10.6 Å². The molecule has 1 aromatic rings. The van der Waals surface area contributed by atoms with Crippen LogP contribution in [0.3, 0.4) is 0 Å². The van der Waals surface area contributed by atoms with Crippen molar-refractivity contribution in [3.8, 4) is 0 Å². The molecule has 2 saturated carbocycles. The first-order valence-corrected chi connectivity index (χ1v) is 8.15. The number of benzene rings is 1. The van der Waals surface area contributed by atoms with Crippen LogP contribution in [0.5, 0.6) is 0 Å². The molecule has 0 spiro atoms. The van der Waals surface area contributed by atoms with Gasteiger partial charge in [0.2, 0.25) is 0 Å². The maximum absolute atomic E-state index is 5.43. The molecule has 102 valence electrons. The molecule has 3 atom stereocenters. The largest absolute Gasteiger partial charge is 0.359 e. The van der Waals surface area contributed by atoms with E-state index in [0.29, 0.717) is 6.04 Å². The van der Waals surface area contributed by atoms with Crippen LogP contribution in [0.15, 0.2) is 22.7 Å². The van der Waals surface area contributed by atoms with Crippen molar-refractivity contribution in [1.29, 1.82) is 0 Å². The van der Waals surface area contributed by atoms with Crippen molar-refractivity contribution in [1.82, 2.24) is 5.32 Å². The Hall–Kier alpha value is -0.610. The first kappa shape index (κ1) is 13.4. The van der Waals surface area contributed by atoms with Gasteiger partial charge in [0.25, 0.3) is 0 Å². The summed E-state index contributed by atoms with van der Waals surface area (Å²) in [4.78, 5) is 0. The van der Waals surface area contributed by atoms with Crippen molar-refractivity contribution in [3.05, 3.63) is 28.2 Å². The molecule has 2 aliphatic carbocycles. The zero-order valence-electron chi connectivity index (χ0n) is 11.1. The highest BCUT2D eigenvalue weighted by Crippen LogP contribution is 2.44. The van der Waals surface area contributed by atoms with E-state index in [9.17, 15) is 0 Å². The lowest BCUT2D eigenvalue weighted by Crippen LogP contribution is -2.40. The van der Waals surface area contributed by atoms with Crippen LogP contribution in [-0.4, -0.2) is 11.2 Å². The zero-order valence-corrected chi connectivity index (χ0v) is 13.5. The predicted molar refractivity (Wildman–Crippen MR) is 87.5 cm³/mol. The van der Waals surface area contributed by atoms with Gasteiger partial charge in [-0.1, -0.05) is 22.4 Å². The third-order valence-electron chi connectivity index (χ3n) is 4.47. The fourth-order valence-corrected chi connectivity index (χ4v) is 4.00. The van der Waals surface area contributed by atoms with Gasteiger partial charge in [-0.3, -0.25) is 0 Å². The number of halogens is 1. The van der Waals surface area contributed by atoms with E-state index in [2.05, 4.69) is 45.6 Å². The molecule has 2 bridgehead atoms. The highest BCUT2D eigenvalue weighted by atomic mass is 79.9. The molecule has 1 aromatic carbocycles. The molecule has 0 aromatic heterocycles. The topological polar surface area (TPSA) is 24.1 Å². The van der Waals surface area contributed by atoms with Gasteiger partial charge in [-0.2, -0.15) is 0 Å². The van der Waals surface area contributed by atoms with Crippen LogP contribution in [0.1, 0.15) is 31.2 Å². The number of fused-ring (bicyclic) bond motifs is 2. The van der Waals surface area contributed by atoms with Crippen molar-refractivity contribution in [2.24, 2.45) is 11.8 Å². The monoisotopic (exact) mass is 338 g/mol. The molecule has 0 unspecified atom stereocenters. The molecular weight excluding hydrogens is 320 g/mol. The summed E-state index contributed by atoms with van der Waals surface area (Å²) in [5.41, 5.74) is 2.27. The molecule has 0 heterocycles. The lowest BCUT2D eigenvalue weighted by Gasteiger charge is -2.24. The van der Waals surface area contributed by atoms with Crippen LogP contribution >= 0.6 is 28.1 Å². The Labute approximate surface area is 128 Å². The Bertz CT molecular complexity index is 503. The third kappa shape index (κ3) is 2.95. The molecule has 4 heteroatoms. The summed E-state index contributed by atoms with van der Waals surface area (Å²) in [6.45, 7) is 2.08. The number of anilines is 1. The molecule has 0 radical (unpaired) electrons. The minimum absolute atomic E-state index is 0.593. The van der Waals surface area contributed by atoms with E-state index in [1.165, 1.54) is 31.2 Å². The zero-order chi connectivity index (χ0) is 13.4. The van der Waals surface area contributed by atoms with Crippen LogP contribution in [-0.2, 0) is 0 Å². The summed E-state index contributed by atoms with van der Waals surface area (Å²) in [6.07, 6.45) is 5.50. The van der Waals surface area contributed by atoms with E-state index in [1.54, 1.807) is 0 Å². The van der Waals surface area contributed by atoms with Crippen LogP contribution in [0, 0.1) is 18.8 Å². The van der Waals surface area contributed by atoms with Crippen LogP contribution < -0.4 is 10.6 Å². The van der Waals surface area contributed by atoms with Crippen molar-refractivity contribution >= 4 is 38.9 Å². The van der Waals surface area contributed by atoms with E-state index < -0.39 is 0 Å². The summed E-state index contributed by atoms with van der Waals surface area (Å²) in [5.74, 6) is 1.79. The van der Waals surface area contributed by atoms with Gasteiger partial charge in [-0.05, 0) is 74.0 Å². The minimum atomic E-state index is 0.593. The van der Waals surface area contributed by atoms with Gasteiger partial charge >= 0.3 is 0 Å². The van der Waals surface area contributed by atoms with Crippen LogP contribution in [0.4, 0.5) is 5.69 Å². The smallest absolute Gasteiger partial charge is 0.171 e. The number of hydrogen-bond donors (Lipinski definition) is 2. The first-order chi connectivity index (χ1) is 9.11. The minimum Gasteiger partial charge on any atom is -0.359 e. The highest BCUT2D eigenvalue weighted by Gasteiger charge is 2.39. The number of thiocarbonyl (C=S) groups is 1. The normalized spacial score (nSPS) is 28.4. The summed E-state index contributed by atoms with van der Waals surface area (Å²) < 4.78 is 1.13. The summed E-state index contributed by atoms with van der Waals surface area (Å²) in [5, 5.41) is 7.56. The average molecular weight is 339 g/mol. The fraction of sp³-hybridized carbons (Fsp3) is 0.533. The van der Waals surface area contributed by atoms with Gasteiger partial charge in [0, 0.05) is 16.2 Å². The Kier molecular flexibility index (Phi) is 3.81. The summed E-state index contributed by atoms with van der Waals surface area (Å²) in [7, 11) is 0. The Morgan fingerprint density at radius 1 is 1.32 bits per heavy atom. The van der Waals surface area contributed by atoms with E-state index in [1.807, 2.05) is 6.07 Å². The van der Waals surface area contributed by atoms with Gasteiger partial charge in [-0.15, -0.1) is 0 Å². The lowest BCUT2D eigenvalue weighted by molar-refractivity contribution is 0.392. The van der Waals surface area contributed by atoms with Gasteiger partial charge in [-0.25, -0.2) is 0 Å². The Morgan fingerprint density at radius 3 is 2.79 bits per heavy atom. The second-order valence-electron chi connectivity index (χ2n) is 5.84. The van der Waals surface area contributed by atoms with Gasteiger partial charge in [0.05, 0.1) is 0 Å². The van der Waals surface area contributed by atoms with Crippen molar-refractivity contribution in [2.75, 3.05) is 5.32 Å². The molecule has 3 rings (SSSR count). The van der Waals surface area contributed by atoms with E-state index >= 15 is 0 Å². The molecule has 0 aliphatic heterocycles. The summed E-state index contributed by atoms with van der Waals surface area (Å²) in [6, 6.07) is 6.80. The van der Waals surface area contributed by atoms with E-state index in [0.717, 1.165) is 27.1 Å². The molecule has 0 amide bonds. The first-order valence-electron chi connectivity index (χ1n) is 6.95. The second-order valence-corrected chi connectivity index (χ2v) is 7.11. The van der Waals surface area contributed by atoms with Crippen molar-refractivity contribution < 1.29 is 0 Å². The Balaban J connectivity index is 1.57. The molecule has 2 fully saturated rings. The number of rotatable bonds is 2. The number of aryl methyl sites for hydroxylation is 1. The highest BCUT2D eigenvalue weighted by molar-refractivity contribution is 9.10. The van der Waals surface area contributed by atoms with E-state index in [-0.39, 0.29) is 0 Å². The predicted octanol–water partition coefficient (Wildman–Crippen LogP) is 4.23. The molecule has 19 heavy (non-hydrogen) atoms. The quantitative estimate of drug-likeness (QED) is 0.789. The van der Waals surface area contributed by atoms with Crippen molar-refractivity contribution in [2.45, 2.75) is 38.6 Å².